The molecule has 0 bridgehead atoms. The molecule has 0 fully saturated rings. The molecule has 0 radical (unpaired) electrons. The van der Waals surface area contributed by atoms with Gasteiger partial charge in [0.25, 0.3) is 0 Å². The lowest BCUT2D eigenvalue weighted by Gasteiger charge is -2.19. The molecule has 4 aromatic rings. The smallest absolute Gasteiger partial charge is 0.236 e. The fraction of sp³-hybridized carbons (Fsp3) is 0.407. The molecule has 6 nitrogen and oxygen atoms in total. The van der Waals surface area contributed by atoms with E-state index < -0.39 is 0 Å². The Morgan fingerprint density at radius 3 is 2.81 bits per heavy atom. The third-order valence-electron chi connectivity index (χ3n) is 6.71. The van der Waals surface area contributed by atoms with E-state index in [0.29, 0.717) is 5.13 Å². The topological polar surface area (TPSA) is 72.7 Å². The van der Waals surface area contributed by atoms with Gasteiger partial charge >= 0.3 is 0 Å². The van der Waals surface area contributed by atoms with Crippen LogP contribution in [0.25, 0.3) is 22.6 Å². The van der Waals surface area contributed by atoms with E-state index in [1.165, 1.54) is 56.7 Å². The number of aromatic nitrogens is 4. The number of benzene rings is 1. The average molecular weight is 538 g/mol. The fourth-order valence-electron chi connectivity index (χ4n) is 4.54. The number of thiophene rings is 1. The maximum Gasteiger partial charge on any atom is 0.236 e. The number of fused-ring (bicyclic) bond motifs is 1. The summed E-state index contributed by atoms with van der Waals surface area (Å²) in [4.78, 5) is 18.9. The van der Waals surface area contributed by atoms with E-state index in [-0.39, 0.29) is 17.7 Å². The molecule has 5 rings (SSSR count). The average Bonchev–Trinajstić information content (AvgIpc) is 3.57. The summed E-state index contributed by atoms with van der Waals surface area (Å²) >= 11 is 4.71. The first-order valence-corrected chi connectivity index (χ1v) is 15.0. The molecule has 1 aromatic carbocycles. The molecular formula is C27H31N5OS3. The number of rotatable bonds is 7. The molecule has 0 aliphatic heterocycles. The number of carbonyl (C=O) groups is 1. The van der Waals surface area contributed by atoms with Crippen LogP contribution in [0.3, 0.4) is 0 Å². The molecule has 188 valence electrons. The monoisotopic (exact) mass is 537 g/mol. The number of nitrogens with zero attached hydrogens (tertiary/aromatic N) is 4. The quantitative estimate of drug-likeness (QED) is 0.253. The maximum absolute atomic E-state index is 12.7. The van der Waals surface area contributed by atoms with E-state index in [2.05, 4.69) is 83.3 Å². The number of hydrogen-bond donors (Lipinski definition) is 1. The molecule has 1 aliphatic carbocycles. The van der Waals surface area contributed by atoms with Crippen LogP contribution >= 0.6 is 34.4 Å². The molecule has 1 unspecified atom stereocenters. The summed E-state index contributed by atoms with van der Waals surface area (Å²) in [5, 5.41) is 17.6. The van der Waals surface area contributed by atoms with Gasteiger partial charge in [-0.05, 0) is 75.6 Å². The number of amides is 1. The zero-order valence-corrected chi connectivity index (χ0v) is 23.7. The Labute approximate surface area is 224 Å². The van der Waals surface area contributed by atoms with Gasteiger partial charge in [-0.1, -0.05) is 30.8 Å². The molecule has 1 N–H and O–H groups in total. The predicted octanol–water partition coefficient (Wildman–Crippen LogP) is 7.18. The minimum Gasteiger partial charge on any atom is -0.301 e. The summed E-state index contributed by atoms with van der Waals surface area (Å²) in [5.41, 5.74) is 7.07. The van der Waals surface area contributed by atoms with Gasteiger partial charge in [0.2, 0.25) is 5.91 Å². The van der Waals surface area contributed by atoms with Crippen LogP contribution in [0.1, 0.15) is 54.8 Å². The normalized spacial score (nSPS) is 15.3. The summed E-state index contributed by atoms with van der Waals surface area (Å²) in [5.74, 6) is 1.81. The van der Waals surface area contributed by atoms with Gasteiger partial charge < -0.3 is 5.32 Å². The minimum atomic E-state index is -0.0947. The van der Waals surface area contributed by atoms with Gasteiger partial charge in [-0.3, -0.25) is 9.36 Å². The van der Waals surface area contributed by atoms with E-state index in [4.69, 9.17) is 0 Å². The highest BCUT2D eigenvalue weighted by molar-refractivity contribution is 7.99. The predicted molar refractivity (Wildman–Crippen MR) is 151 cm³/mol. The Kier molecular flexibility index (Phi) is 7.32. The van der Waals surface area contributed by atoms with Gasteiger partial charge in [0.15, 0.2) is 16.1 Å². The van der Waals surface area contributed by atoms with Crippen LogP contribution in [0, 0.1) is 19.8 Å². The molecule has 9 heteroatoms. The van der Waals surface area contributed by atoms with Crippen LogP contribution in [0.15, 0.2) is 34.1 Å². The highest BCUT2D eigenvalue weighted by atomic mass is 32.2. The van der Waals surface area contributed by atoms with Crippen molar-refractivity contribution in [2.45, 2.75) is 65.1 Å². The van der Waals surface area contributed by atoms with Gasteiger partial charge in [0.1, 0.15) is 0 Å². The van der Waals surface area contributed by atoms with E-state index in [9.17, 15) is 4.79 Å². The third kappa shape index (κ3) is 5.14. The summed E-state index contributed by atoms with van der Waals surface area (Å²) in [6.45, 7) is 10.8. The molecular weight excluding hydrogens is 507 g/mol. The standard InChI is InChI=1S/C27H31N5OS3/c1-15(2)32-25(21-12-34-23-10-16(3)6-9-20(21)23)30-31-27(32)36-14-24(33)29-26-28-22(13-35-26)19-8-7-17(4)18(5)11-19/h7-8,11-13,15-16H,6,9-10,14H2,1-5H3,(H,28,29,33). The van der Waals surface area contributed by atoms with Crippen molar-refractivity contribution >= 4 is 45.5 Å². The van der Waals surface area contributed by atoms with Gasteiger partial charge in [-0.2, -0.15) is 0 Å². The molecule has 1 atom stereocenters. The number of hydrogen-bond acceptors (Lipinski definition) is 7. The number of aryl methyl sites for hydroxylation is 2. The van der Waals surface area contributed by atoms with Crippen molar-refractivity contribution in [3.63, 3.8) is 0 Å². The number of thiazole rings is 1. The molecule has 0 spiro atoms. The molecule has 1 amide bonds. The summed E-state index contributed by atoms with van der Waals surface area (Å²) < 4.78 is 2.17. The Morgan fingerprint density at radius 1 is 1.19 bits per heavy atom. The first-order chi connectivity index (χ1) is 17.3. The highest BCUT2D eigenvalue weighted by Gasteiger charge is 2.25. The fourth-order valence-corrected chi connectivity index (χ4v) is 7.39. The number of thioether (sulfide) groups is 1. The lowest BCUT2D eigenvalue weighted by atomic mass is 9.88. The first-order valence-electron chi connectivity index (χ1n) is 12.3. The lowest BCUT2D eigenvalue weighted by molar-refractivity contribution is -0.113. The van der Waals surface area contributed by atoms with Gasteiger partial charge in [-0.25, -0.2) is 4.98 Å². The van der Waals surface area contributed by atoms with Crippen LogP contribution < -0.4 is 5.32 Å². The minimum absolute atomic E-state index is 0.0947. The van der Waals surface area contributed by atoms with Crippen molar-refractivity contribution in [2.24, 2.45) is 5.92 Å². The van der Waals surface area contributed by atoms with E-state index in [1.807, 2.05) is 16.7 Å². The van der Waals surface area contributed by atoms with Crippen LogP contribution in [0.2, 0.25) is 0 Å². The van der Waals surface area contributed by atoms with Crippen molar-refractivity contribution in [3.8, 4) is 22.6 Å². The number of anilines is 1. The first kappa shape index (κ1) is 25.2. The van der Waals surface area contributed by atoms with Crippen molar-refractivity contribution in [3.05, 3.63) is 50.5 Å². The second-order valence-electron chi connectivity index (χ2n) is 9.84. The second kappa shape index (κ2) is 10.5. The van der Waals surface area contributed by atoms with Crippen LogP contribution in [0.5, 0.6) is 0 Å². The zero-order chi connectivity index (χ0) is 25.4. The summed E-state index contributed by atoms with van der Waals surface area (Å²) in [6, 6.07) is 6.50. The highest BCUT2D eigenvalue weighted by Crippen LogP contribution is 2.39. The van der Waals surface area contributed by atoms with Gasteiger partial charge in [0, 0.05) is 32.8 Å². The van der Waals surface area contributed by atoms with E-state index >= 15 is 0 Å². The van der Waals surface area contributed by atoms with Crippen molar-refractivity contribution < 1.29 is 4.79 Å². The Hall–Kier alpha value is -2.49. The lowest BCUT2D eigenvalue weighted by Crippen LogP contribution is -2.15. The largest absolute Gasteiger partial charge is 0.301 e. The SMILES string of the molecule is Cc1ccc(-c2csc(NC(=O)CSc3nnc(-c4csc5c4CCC(C)C5)n3C(C)C)n2)cc1C. The van der Waals surface area contributed by atoms with E-state index in [1.54, 1.807) is 0 Å². The zero-order valence-electron chi connectivity index (χ0n) is 21.3. The maximum atomic E-state index is 12.7. The molecule has 36 heavy (non-hydrogen) atoms. The van der Waals surface area contributed by atoms with Crippen molar-refractivity contribution in [1.29, 1.82) is 0 Å². The third-order valence-corrected chi connectivity index (χ3v) is 9.46. The van der Waals surface area contributed by atoms with Gasteiger partial charge in [0.05, 0.1) is 11.4 Å². The molecule has 1 aliphatic rings. The molecule has 3 aromatic heterocycles. The molecule has 0 saturated heterocycles. The van der Waals surface area contributed by atoms with Gasteiger partial charge in [-0.15, -0.1) is 32.9 Å². The Bertz CT molecular complexity index is 1400. The second-order valence-corrected chi connectivity index (χ2v) is 12.6. The van der Waals surface area contributed by atoms with Crippen molar-refractivity contribution in [1.82, 2.24) is 19.7 Å². The van der Waals surface area contributed by atoms with Crippen LogP contribution in [-0.4, -0.2) is 31.4 Å². The Balaban J connectivity index is 1.27. The van der Waals surface area contributed by atoms with E-state index in [0.717, 1.165) is 41.0 Å². The number of nitrogens with one attached hydrogen (secondary N) is 1. The van der Waals surface area contributed by atoms with Crippen LogP contribution in [0.4, 0.5) is 5.13 Å². The Morgan fingerprint density at radius 2 is 2.03 bits per heavy atom. The molecule has 3 heterocycles. The molecule has 0 saturated carbocycles. The van der Waals surface area contributed by atoms with Crippen LogP contribution in [-0.2, 0) is 17.6 Å². The summed E-state index contributed by atoms with van der Waals surface area (Å²) in [6.07, 6.45) is 3.47. The van der Waals surface area contributed by atoms with Crippen molar-refractivity contribution in [2.75, 3.05) is 11.1 Å². The summed E-state index contributed by atoms with van der Waals surface area (Å²) in [7, 11) is 0. The number of carbonyl (C=O) groups excluding carboxylic acids is 1.